The molecule has 0 aromatic heterocycles. The fourth-order valence-corrected chi connectivity index (χ4v) is 5.58. The van der Waals surface area contributed by atoms with Crippen molar-refractivity contribution in [2.75, 3.05) is 18.5 Å². The fourth-order valence-electron chi connectivity index (χ4n) is 5.58. The van der Waals surface area contributed by atoms with E-state index in [0.29, 0.717) is 29.7 Å². The average Bonchev–Trinajstić information content (AvgIpc) is 3.52. The van der Waals surface area contributed by atoms with Crippen LogP contribution in [-0.2, 0) is 19.1 Å². The van der Waals surface area contributed by atoms with Crippen LogP contribution in [0.25, 0.3) is 0 Å². The van der Waals surface area contributed by atoms with Gasteiger partial charge in [-0.3, -0.25) is 19.3 Å². The van der Waals surface area contributed by atoms with E-state index >= 15 is 0 Å². The summed E-state index contributed by atoms with van der Waals surface area (Å²) in [5, 5.41) is 2.75. The smallest absolute Gasteiger partial charge is 0.338 e. The Morgan fingerprint density at radius 1 is 1.03 bits per heavy atom. The van der Waals surface area contributed by atoms with Crippen molar-refractivity contribution in [1.82, 2.24) is 4.90 Å². The van der Waals surface area contributed by atoms with Gasteiger partial charge >= 0.3 is 5.97 Å². The summed E-state index contributed by atoms with van der Waals surface area (Å²) in [5.41, 5.74) is 0.954. The molecule has 156 valence electrons. The lowest BCUT2D eigenvalue weighted by Crippen LogP contribution is -2.40. The second-order valence-corrected chi connectivity index (χ2v) is 8.58. The number of nitrogens with zero attached hydrogens (tertiary/aromatic N) is 1. The highest BCUT2D eigenvalue weighted by Gasteiger charge is 2.66. The van der Waals surface area contributed by atoms with E-state index in [1.165, 1.54) is 4.90 Å². The average molecular weight is 408 g/mol. The minimum atomic E-state index is -0.413. The topological polar surface area (TPSA) is 92.8 Å². The molecule has 6 rings (SSSR count). The predicted octanol–water partition coefficient (Wildman–Crippen LogP) is 2.25. The van der Waals surface area contributed by atoms with Crippen LogP contribution in [0.1, 0.15) is 30.1 Å². The summed E-state index contributed by atoms with van der Waals surface area (Å²) in [5.74, 6) is 0.156. The predicted molar refractivity (Wildman–Crippen MR) is 107 cm³/mol. The van der Waals surface area contributed by atoms with Crippen LogP contribution in [0, 0.1) is 35.5 Å². The Balaban J connectivity index is 1.18. The van der Waals surface area contributed by atoms with E-state index < -0.39 is 5.97 Å². The Kier molecular flexibility index (Phi) is 4.49. The van der Waals surface area contributed by atoms with Crippen LogP contribution in [0.3, 0.4) is 0 Å². The number of allylic oxidation sites excluding steroid dienone is 2. The number of likely N-dealkylation sites (tertiary alicyclic amines) is 1. The highest BCUT2D eigenvalue weighted by Crippen LogP contribution is 2.65. The zero-order valence-corrected chi connectivity index (χ0v) is 16.7. The van der Waals surface area contributed by atoms with Crippen molar-refractivity contribution in [3.8, 4) is 0 Å². The first-order valence-electron chi connectivity index (χ1n) is 10.6. The number of amides is 3. The number of carbonyl (C=O) groups excluding carboxylic acids is 4. The molecular weight excluding hydrogens is 384 g/mol. The molecule has 7 nitrogen and oxygen atoms in total. The number of hydrogen-bond acceptors (Lipinski definition) is 5. The van der Waals surface area contributed by atoms with Crippen molar-refractivity contribution in [1.29, 1.82) is 0 Å². The molecule has 3 amide bonds. The third-order valence-electron chi connectivity index (χ3n) is 7.00. The fraction of sp³-hybridized carbons (Fsp3) is 0.478. The number of rotatable bonds is 6. The van der Waals surface area contributed by atoms with Gasteiger partial charge in [-0.05, 0) is 61.3 Å². The molecule has 2 saturated carbocycles. The lowest BCUT2D eigenvalue weighted by atomic mass is 9.63. The summed E-state index contributed by atoms with van der Waals surface area (Å²) in [7, 11) is 0. The number of ether oxygens (including phenoxy) is 1. The molecular formula is C23H24N2O5. The first-order chi connectivity index (χ1) is 14.5. The van der Waals surface area contributed by atoms with Crippen LogP contribution in [0.2, 0.25) is 0 Å². The van der Waals surface area contributed by atoms with Crippen LogP contribution >= 0.6 is 0 Å². The van der Waals surface area contributed by atoms with Crippen molar-refractivity contribution in [2.45, 2.75) is 19.8 Å². The van der Waals surface area contributed by atoms with Gasteiger partial charge in [0.15, 0.2) is 0 Å². The lowest BCUT2D eigenvalue weighted by molar-refractivity contribution is -0.140. The van der Waals surface area contributed by atoms with Gasteiger partial charge in [-0.15, -0.1) is 0 Å². The van der Waals surface area contributed by atoms with Gasteiger partial charge in [0.2, 0.25) is 17.7 Å². The molecule has 1 aliphatic heterocycles. The molecule has 0 radical (unpaired) electrons. The van der Waals surface area contributed by atoms with E-state index in [4.69, 9.17) is 4.74 Å². The van der Waals surface area contributed by atoms with Gasteiger partial charge in [-0.1, -0.05) is 12.2 Å². The molecule has 30 heavy (non-hydrogen) atoms. The van der Waals surface area contributed by atoms with E-state index in [0.717, 1.165) is 6.42 Å². The van der Waals surface area contributed by atoms with Crippen LogP contribution in [0.15, 0.2) is 36.4 Å². The molecule has 1 N–H and O–H groups in total. The summed E-state index contributed by atoms with van der Waals surface area (Å²) < 4.78 is 4.93. The summed E-state index contributed by atoms with van der Waals surface area (Å²) in [4.78, 5) is 51.2. The van der Waals surface area contributed by atoms with Gasteiger partial charge in [-0.25, -0.2) is 4.79 Å². The SMILES string of the molecule is CCOC(=O)c1ccc(NC(=O)CCN2C(=O)[C@@H]3[C@H]4C=C[C@@H]([C@@H]5C[C@@H]45)[C@@H]3C2=O)cc1. The number of hydrogen-bond donors (Lipinski definition) is 1. The van der Waals surface area contributed by atoms with Gasteiger partial charge in [0, 0.05) is 18.7 Å². The van der Waals surface area contributed by atoms with E-state index in [1.54, 1.807) is 31.2 Å². The van der Waals surface area contributed by atoms with Gasteiger partial charge in [-0.2, -0.15) is 0 Å². The first-order valence-corrected chi connectivity index (χ1v) is 10.6. The third-order valence-corrected chi connectivity index (χ3v) is 7.00. The minimum absolute atomic E-state index is 0.0478. The molecule has 0 spiro atoms. The van der Waals surface area contributed by atoms with Crippen molar-refractivity contribution < 1.29 is 23.9 Å². The summed E-state index contributed by atoms with van der Waals surface area (Å²) in [6.45, 7) is 2.14. The maximum Gasteiger partial charge on any atom is 0.338 e. The Bertz CT molecular complexity index is 917. The number of benzene rings is 1. The molecule has 2 bridgehead atoms. The second kappa shape index (κ2) is 7.07. The zero-order valence-electron chi connectivity index (χ0n) is 16.7. The van der Waals surface area contributed by atoms with Crippen molar-refractivity contribution in [3.63, 3.8) is 0 Å². The Hall–Kier alpha value is -2.96. The van der Waals surface area contributed by atoms with Gasteiger partial charge < -0.3 is 10.1 Å². The Labute approximate surface area is 174 Å². The van der Waals surface area contributed by atoms with Crippen LogP contribution in [0.4, 0.5) is 5.69 Å². The molecule has 5 aliphatic rings. The van der Waals surface area contributed by atoms with Gasteiger partial charge in [0.1, 0.15) is 0 Å². The van der Waals surface area contributed by atoms with E-state index in [9.17, 15) is 19.2 Å². The summed E-state index contributed by atoms with van der Waals surface area (Å²) in [6.07, 6.45) is 5.46. The number of imide groups is 1. The highest BCUT2D eigenvalue weighted by atomic mass is 16.5. The van der Waals surface area contributed by atoms with Crippen LogP contribution < -0.4 is 5.32 Å². The molecule has 1 aromatic rings. The van der Waals surface area contributed by atoms with Gasteiger partial charge in [0.05, 0.1) is 24.0 Å². The lowest BCUT2D eigenvalue weighted by Gasteiger charge is -2.37. The molecule has 1 heterocycles. The van der Waals surface area contributed by atoms with Crippen molar-refractivity contribution in [2.24, 2.45) is 35.5 Å². The largest absolute Gasteiger partial charge is 0.462 e. The number of nitrogens with one attached hydrogen (secondary N) is 1. The number of anilines is 1. The van der Waals surface area contributed by atoms with E-state index in [2.05, 4.69) is 17.5 Å². The van der Waals surface area contributed by atoms with Gasteiger partial charge in [0.25, 0.3) is 0 Å². The number of esters is 1. The van der Waals surface area contributed by atoms with E-state index in [-0.39, 0.29) is 54.4 Å². The molecule has 1 aromatic carbocycles. The maximum atomic E-state index is 12.9. The summed E-state index contributed by atoms with van der Waals surface area (Å²) >= 11 is 0. The maximum absolute atomic E-state index is 12.9. The first kappa shape index (κ1) is 19.0. The van der Waals surface area contributed by atoms with E-state index in [1.807, 2.05) is 0 Å². The second-order valence-electron chi connectivity index (χ2n) is 8.58. The Morgan fingerprint density at radius 3 is 2.20 bits per heavy atom. The van der Waals surface area contributed by atoms with Crippen molar-refractivity contribution >= 4 is 29.4 Å². The third kappa shape index (κ3) is 2.95. The van der Waals surface area contributed by atoms with Crippen molar-refractivity contribution in [3.05, 3.63) is 42.0 Å². The molecule has 6 atom stereocenters. The molecule has 4 aliphatic carbocycles. The van der Waals surface area contributed by atoms with Crippen LogP contribution in [0.5, 0.6) is 0 Å². The van der Waals surface area contributed by atoms with Crippen LogP contribution in [-0.4, -0.2) is 41.7 Å². The molecule has 1 saturated heterocycles. The molecule has 0 unspecified atom stereocenters. The normalized spacial score (nSPS) is 32.6. The zero-order chi connectivity index (χ0) is 21.0. The minimum Gasteiger partial charge on any atom is -0.462 e. The molecule has 3 fully saturated rings. The standard InChI is InChI=1S/C23H24N2O5/c1-2-30-23(29)12-3-5-13(6-4-12)24-18(26)9-10-25-21(27)19-14-7-8-15(17-11-16(14)17)20(19)22(25)28/h3-8,14-17,19-20H,2,9-11H2,1H3,(H,24,26)/t14-,15-,16-,17-,19-,20+/m0/s1. The quantitative estimate of drug-likeness (QED) is 0.443. The monoisotopic (exact) mass is 408 g/mol. The summed E-state index contributed by atoms with van der Waals surface area (Å²) in [6, 6.07) is 6.42. The molecule has 7 heteroatoms. The Morgan fingerprint density at radius 2 is 1.63 bits per heavy atom. The number of carbonyl (C=O) groups is 4. The highest BCUT2D eigenvalue weighted by molar-refractivity contribution is 6.06.